The van der Waals surface area contributed by atoms with E-state index in [0.29, 0.717) is 18.3 Å². The van der Waals surface area contributed by atoms with Gasteiger partial charge in [-0.1, -0.05) is 62.4 Å². The van der Waals surface area contributed by atoms with Crippen molar-refractivity contribution in [1.29, 1.82) is 0 Å². The first-order valence-corrected chi connectivity index (χ1v) is 11.2. The molecule has 1 N–H and O–H groups in total. The molecule has 0 saturated heterocycles. The Kier molecular flexibility index (Phi) is 6.35. The van der Waals surface area contributed by atoms with Gasteiger partial charge in [0, 0.05) is 23.5 Å². The molecular weight excluding hydrogens is 400 g/mol. The quantitative estimate of drug-likeness (QED) is 0.439. The van der Waals surface area contributed by atoms with Gasteiger partial charge >= 0.3 is 5.69 Å². The predicted molar refractivity (Wildman–Crippen MR) is 126 cm³/mol. The molecule has 0 bridgehead atoms. The average molecular weight is 431 g/mol. The van der Waals surface area contributed by atoms with Crippen molar-refractivity contribution in [2.24, 2.45) is 5.92 Å². The lowest BCUT2D eigenvalue weighted by molar-refractivity contribution is 0.554. The number of tetrazole rings is 1. The first kappa shape index (κ1) is 21.7. The topological polar surface area (TPSA) is 81.4 Å². The van der Waals surface area contributed by atoms with Gasteiger partial charge in [0.1, 0.15) is 0 Å². The van der Waals surface area contributed by atoms with Crippen LogP contribution in [-0.2, 0) is 13.0 Å². The van der Waals surface area contributed by atoms with Crippen LogP contribution in [0.3, 0.4) is 0 Å². The molecule has 0 aliphatic heterocycles. The van der Waals surface area contributed by atoms with Crippen LogP contribution in [0.4, 0.5) is 0 Å². The van der Waals surface area contributed by atoms with Crippen molar-refractivity contribution in [1.82, 2.24) is 29.8 Å². The van der Waals surface area contributed by atoms with Crippen molar-refractivity contribution in [3.63, 3.8) is 0 Å². The first-order valence-electron chi connectivity index (χ1n) is 11.2. The maximum absolute atomic E-state index is 13.0. The molecule has 4 rings (SSSR count). The number of rotatable bonds is 8. The van der Waals surface area contributed by atoms with Gasteiger partial charge in [0.05, 0.1) is 6.54 Å². The molecule has 32 heavy (non-hydrogen) atoms. The second-order valence-corrected chi connectivity index (χ2v) is 8.90. The Hall–Kier alpha value is -3.48. The lowest BCUT2D eigenvalue weighted by Gasteiger charge is -2.11. The summed E-state index contributed by atoms with van der Waals surface area (Å²) in [6, 6.07) is 16.5. The van der Waals surface area contributed by atoms with Crippen molar-refractivity contribution in [3.8, 4) is 22.5 Å². The fourth-order valence-electron chi connectivity index (χ4n) is 3.90. The Labute approximate surface area is 188 Å². The van der Waals surface area contributed by atoms with Crippen LogP contribution in [0.25, 0.3) is 22.5 Å². The van der Waals surface area contributed by atoms with E-state index in [1.165, 1.54) is 0 Å². The molecule has 0 spiro atoms. The normalized spacial score (nSPS) is 11.6. The summed E-state index contributed by atoms with van der Waals surface area (Å²) < 4.78 is 3.76. The number of H-pyrrole nitrogens is 1. The minimum Gasteiger partial charge on any atom is -0.296 e. The average Bonchev–Trinajstić information content (AvgIpc) is 3.42. The molecule has 0 aliphatic carbocycles. The highest BCUT2D eigenvalue weighted by atomic mass is 16.1. The van der Waals surface area contributed by atoms with Crippen molar-refractivity contribution in [2.45, 2.75) is 53.1 Å². The number of aromatic amines is 1. The van der Waals surface area contributed by atoms with Gasteiger partial charge in [-0.25, -0.2) is 4.79 Å². The van der Waals surface area contributed by atoms with Gasteiger partial charge in [-0.3, -0.25) is 9.13 Å². The number of nitrogens with zero attached hydrogens (tertiary/aromatic N) is 5. The van der Waals surface area contributed by atoms with Gasteiger partial charge in [-0.2, -0.15) is 5.21 Å². The van der Waals surface area contributed by atoms with Gasteiger partial charge in [-0.15, -0.1) is 10.2 Å². The monoisotopic (exact) mass is 430 g/mol. The largest absolute Gasteiger partial charge is 0.328 e. The van der Waals surface area contributed by atoms with E-state index in [0.717, 1.165) is 40.8 Å². The van der Waals surface area contributed by atoms with Crippen LogP contribution in [0.15, 0.2) is 59.5 Å². The molecule has 0 unspecified atom stereocenters. The third-order valence-corrected chi connectivity index (χ3v) is 5.74. The van der Waals surface area contributed by atoms with Crippen molar-refractivity contribution in [3.05, 3.63) is 76.5 Å². The smallest absolute Gasteiger partial charge is 0.296 e. The van der Waals surface area contributed by atoms with E-state index in [1.54, 1.807) is 0 Å². The molecule has 166 valence electrons. The van der Waals surface area contributed by atoms with Gasteiger partial charge in [0.15, 0.2) is 0 Å². The Bertz CT molecular complexity index is 1220. The van der Waals surface area contributed by atoms with Crippen LogP contribution in [-0.4, -0.2) is 29.8 Å². The van der Waals surface area contributed by atoms with Gasteiger partial charge in [0.2, 0.25) is 5.82 Å². The summed E-state index contributed by atoms with van der Waals surface area (Å²) in [7, 11) is 0. The summed E-state index contributed by atoms with van der Waals surface area (Å²) in [4.78, 5) is 13.0. The highest BCUT2D eigenvalue weighted by Gasteiger charge is 2.15. The number of aromatic nitrogens is 6. The molecule has 0 aliphatic rings. The summed E-state index contributed by atoms with van der Waals surface area (Å²) in [5, 5.41) is 14.4. The number of hydrogen-bond donors (Lipinski definition) is 1. The standard InChI is InChI=1S/C25H30N6O/c1-17(2)9-14-21-16-30(18(3)4)25(32)31(21)15-19-10-12-20(13-11-19)22-7-5-6-8-23(22)24-26-28-29-27-24/h5-8,10-13,16-18H,9,14-15H2,1-4H3,(H,26,27,28,29). The van der Waals surface area contributed by atoms with E-state index in [2.05, 4.69) is 64.8 Å². The molecular formula is C25H30N6O. The molecule has 0 radical (unpaired) electrons. The van der Waals surface area contributed by atoms with E-state index >= 15 is 0 Å². The van der Waals surface area contributed by atoms with Crippen molar-refractivity contribution in [2.75, 3.05) is 0 Å². The Balaban J connectivity index is 1.62. The molecule has 4 aromatic rings. The minimum absolute atomic E-state index is 0.0604. The SMILES string of the molecule is CC(C)CCc1cn(C(C)C)c(=O)n1Cc1ccc(-c2ccccc2-c2nn[nH]n2)cc1. The highest BCUT2D eigenvalue weighted by Crippen LogP contribution is 2.29. The van der Waals surface area contributed by atoms with Crippen molar-refractivity contribution >= 4 is 0 Å². The number of nitrogens with one attached hydrogen (secondary N) is 1. The van der Waals surface area contributed by atoms with Crippen LogP contribution >= 0.6 is 0 Å². The zero-order valence-corrected chi connectivity index (χ0v) is 19.1. The number of imidazole rings is 1. The molecule has 0 amide bonds. The van der Waals surface area contributed by atoms with Crippen LogP contribution in [0.5, 0.6) is 0 Å². The highest BCUT2D eigenvalue weighted by molar-refractivity contribution is 5.80. The Morgan fingerprint density at radius 3 is 2.31 bits per heavy atom. The summed E-state index contributed by atoms with van der Waals surface area (Å²) >= 11 is 0. The zero-order valence-electron chi connectivity index (χ0n) is 19.1. The van der Waals surface area contributed by atoms with Gasteiger partial charge in [-0.05, 0) is 54.5 Å². The maximum atomic E-state index is 13.0. The maximum Gasteiger partial charge on any atom is 0.328 e. The number of aryl methyl sites for hydroxylation is 1. The minimum atomic E-state index is 0.0604. The molecule has 2 aromatic heterocycles. The summed E-state index contributed by atoms with van der Waals surface area (Å²) in [6.45, 7) is 9.10. The molecule has 7 nitrogen and oxygen atoms in total. The second-order valence-electron chi connectivity index (χ2n) is 8.90. The van der Waals surface area contributed by atoms with E-state index in [9.17, 15) is 4.79 Å². The fraction of sp³-hybridized carbons (Fsp3) is 0.360. The van der Waals surface area contributed by atoms with Crippen LogP contribution in [0.2, 0.25) is 0 Å². The Morgan fingerprint density at radius 2 is 1.69 bits per heavy atom. The zero-order chi connectivity index (χ0) is 22.7. The van der Waals surface area contributed by atoms with E-state index in [1.807, 2.05) is 47.4 Å². The molecule has 7 heteroatoms. The first-order chi connectivity index (χ1) is 15.4. The molecule has 2 heterocycles. The van der Waals surface area contributed by atoms with Gasteiger partial charge in [0.25, 0.3) is 0 Å². The second kappa shape index (κ2) is 9.34. The van der Waals surface area contributed by atoms with Crippen LogP contribution < -0.4 is 5.69 Å². The molecule has 0 fully saturated rings. The third kappa shape index (κ3) is 4.56. The van der Waals surface area contributed by atoms with Crippen LogP contribution in [0, 0.1) is 5.92 Å². The van der Waals surface area contributed by atoms with E-state index < -0.39 is 0 Å². The van der Waals surface area contributed by atoms with Crippen molar-refractivity contribution < 1.29 is 0 Å². The van der Waals surface area contributed by atoms with E-state index in [4.69, 9.17) is 0 Å². The summed E-state index contributed by atoms with van der Waals surface area (Å²) in [5.41, 5.74) is 5.30. The van der Waals surface area contributed by atoms with Gasteiger partial charge < -0.3 is 0 Å². The predicted octanol–water partition coefficient (Wildman–Crippen LogP) is 4.71. The Morgan fingerprint density at radius 1 is 0.969 bits per heavy atom. The number of benzene rings is 2. The van der Waals surface area contributed by atoms with Crippen LogP contribution in [0.1, 0.15) is 51.4 Å². The fourth-order valence-corrected chi connectivity index (χ4v) is 3.90. The lowest BCUT2D eigenvalue weighted by atomic mass is 9.98. The molecule has 2 aromatic carbocycles. The molecule has 0 saturated carbocycles. The third-order valence-electron chi connectivity index (χ3n) is 5.74. The number of hydrogen-bond acceptors (Lipinski definition) is 4. The summed E-state index contributed by atoms with van der Waals surface area (Å²) in [6.07, 6.45) is 4.00. The summed E-state index contributed by atoms with van der Waals surface area (Å²) in [5.74, 6) is 1.17. The van der Waals surface area contributed by atoms with E-state index in [-0.39, 0.29) is 11.7 Å². The lowest BCUT2D eigenvalue weighted by Crippen LogP contribution is -2.26. The molecule has 0 atom stereocenters.